The molecule has 0 saturated carbocycles. The molecule has 0 aliphatic carbocycles. The number of phosphoric ester groups is 2. The molecule has 2 unspecified atom stereocenters. The summed E-state index contributed by atoms with van der Waals surface area (Å²) in [5, 5.41) is 45.5. The predicted octanol–water partition coefficient (Wildman–Crippen LogP) is 7.48. The number of carbonyl (C=O) groups is 3. The summed E-state index contributed by atoms with van der Waals surface area (Å²) in [5.41, 5.74) is 4.71. The van der Waals surface area contributed by atoms with Crippen molar-refractivity contribution >= 4 is 39.2 Å². The second kappa shape index (κ2) is 36.0. The zero-order valence-corrected chi connectivity index (χ0v) is 45.1. The number of unbranched alkanes of at least 4 members (excludes halogenated alkanes) is 6. The Morgan fingerprint density at radius 3 is 2.23 bits per heavy atom. The molecule has 3 rings (SSSR count). The minimum absolute atomic E-state index is 0.0435. The Balaban J connectivity index is 1.75. The largest absolute Gasteiger partial charge is 0.481 e. The van der Waals surface area contributed by atoms with Gasteiger partial charge in [0, 0.05) is 31.4 Å². The van der Waals surface area contributed by atoms with Crippen LogP contribution in [0.5, 0.6) is 0 Å². The van der Waals surface area contributed by atoms with Crippen LogP contribution in [0.4, 0.5) is 5.82 Å². The number of aromatic nitrogens is 2. The lowest BCUT2D eigenvalue weighted by molar-refractivity contribution is -0.183. The Morgan fingerprint density at radius 1 is 0.880 bits per heavy atom. The standard InChI is InChI=1S/C52H81N3O18P2/c1-3-5-7-8-9-10-11-12-13-14-15-16-17-18-19-20-25-29-47(59)68-36-40-37-69-74(64,65)73-75(66,67)70-38-45-50(62)49(61)41(32-31-39(56)27-23-6-4-2)43(57)35-44(58)42(28-24-21-22-26-30-48(60)71-40)51(72-45)55-34-33-46(53)54-52(55)63/h5,7,9-10,12-13,15-16,21,24,31-34,39-43,45,49-51,56-57,61-62H,3-4,6,8,11,14,17-20,22-23,25-30,35-38H2,1-2H3,(H,64,65)(H,66,67)(H2,53,54,63)/b7-5-,10-9-,13-12-,16-15-,24-21?,32-31?/t39-,40+,41-,42-,43+,45+,49-,50+,51+/m0/s1. The summed E-state index contributed by atoms with van der Waals surface area (Å²) in [6.07, 6.45) is 21.7. The van der Waals surface area contributed by atoms with Crippen LogP contribution in [-0.4, -0.2) is 114 Å². The number of hydrogen-bond donors (Lipinski definition) is 7. The summed E-state index contributed by atoms with van der Waals surface area (Å²) in [5.74, 6) is -5.18. The van der Waals surface area contributed by atoms with Gasteiger partial charge in [-0.05, 0) is 76.7 Å². The highest BCUT2D eigenvalue weighted by Crippen LogP contribution is 2.60. The smallest absolute Gasteiger partial charge is 0.462 e. The van der Waals surface area contributed by atoms with Gasteiger partial charge in [0.1, 0.15) is 36.6 Å². The molecule has 21 nitrogen and oxygen atoms in total. The van der Waals surface area contributed by atoms with Crippen molar-refractivity contribution in [3.05, 3.63) is 95.7 Å². The van der Waals surface area contributed by atoms with Gasteiger partial charge in [-0.2, -0.15) is 9.29 Å². The number of cyclic esters (lactones) is 1. The first-order valence-electron chi connectivity index (χ1n) is 26.1. The van der Waals surface area contributed by atoms with Crippen molar-refractivity contribution in [3.63, 3.8) is 0 Å². The van der Waals surface area contributed by atoms with Crippen LogP contribution in [0.25, 0.3) is 0 Å². The SMILES string of the molecule is CC/C=C\C/C=C\C/C=C\C/C=C\CCCCCCC(=O)OC[C@@H]1COP(=O)(O)OP(=O)(O)OC[C@H]2O[C@@H](n3ccc(N)nc3=O)[C@@H](CC=CCCCC(=O)O1)C(=O)C[C@@H](O)[C@H](C=C[C@@H](O)CCCCC)[C@H](O)[C@@H]2O. The van der Waals surface area contributed by atoms with E-state index in [1.807, 2.05) is 6.92 Å². The van der Waals surface area contributed by atoms with E-state index in [4.69, 9.17) is 29.0 Å². The summed E-state index contributed by atoms with van der Waals surface area (Å²) in [6, 6.07) is 1.21. The first-order chi connectivity index (χ1) is 35.9. The second-order valence-electron chi connectivity index (χ2n) is 18.4. The van der Waals surface area contributed by atoms with Crippen LogP contribution in [0.1, 0.15) is 142 Å². The summed E-state index contributed by atoms with van der Waals surface area (Å²) < 4.78 is 58.8. The molecular formula is C52H81N3O18P2. The normalized spacial score (nSPS) is 28.9. The molecule has 23 heteroatoms. The zero-order chi connectivity index (χ0) is 55.1. The number of nitrogen functional groups attached to an aromatic ring is 1. The Labute approximate surface area is 440 Å². The Kier molecular flexibility index (Phi) is 31.2. The van der Waals surface area contributed by atoms with Gasteiger partial charge >= 0.3 is 33.3 Å². The number of ether oxygens (including phenoxy) is 3. The maximum Gasteiger partial charge on any atom is 0.481 e. The van der Waals surface area contributed by atoms with E-state index in [2.05, 4.69) is 64.8 Å². The first-order valence-corrected chi connectivity index (χ1v) is 29.0. The van der Waals surface area contributed by atoms with Crippen LogP contribution in [0.3, 0.4) is 0 Å². The van der Waals surface area contributed by atoms with Gasteiger partial charge in [0.05, 0.1) is 37.4 Å². The highest BCUT2D eigenvalue weighted by Gasteiger charge is 2.45. The number of allylic oxidation sites excluding steroid dienone is 10. The number of nitrogens with two attached hydrogens (primary N) is 1. The molecule has 8 N–H and O–H groups in total. The van der Waals surface area contributed by atoms with E-state index < -0.39 is 120 Å². The van der Waals surface area contributed by atoms with Gasteiger partial charge in [-0.15, -0.1) is 0 Å². The van der Waals surface area contributed by atoms with Gasteiger partial charge in [0.25, 0.3) is 0 Å². The molecule has 2 aliphatic rings. The molecule has 2 bridgehead atoms. The maximum absolute atomic E-state index is 14.3. The first kappa shape index (κ1) is 65.1. The van der Waals surface area contributed by atoms with E-state index >= 15 is 0 Å². The average molecular weight is 1100 g/mol. The third kappa shape index (κ3) is 26.6. The van der Waals surface area contributed by atoms with Crippen LogP contribution < -0.4 is 11.4 Å². The number of phosphoric acid groups is 2. The summed E-state index contributed by atoms with van der Waals surface area (Å²) in [4.78, 5) is 78.3. The van der Waals surface area contributed by atoms with Crippen LogP contribution in [-0.2, 0) is 51.1 Å². The molecule has 11 atom stereocenters. The van der Waals surface area contributed by atoms with Crippen molar-refractivity contribution in [1.29, 1.82) is 0 Å². The van der Waals surface area contributed by atoms with Crippen LogP contribution >= 0.6 is 15.6 Å². The van der Waals surface area contributed by atoms with Crippen molar-refractivity contribution < 1.29 is 81.3 Å². The van der Waals surface area contributed by atoms with Crippen molar-refractivity contribution in [1.82, 2.24) is 9.55 Å². The van der Waals surface area contributed by atoms with Crippen molar-refractivity contribution in [3.8, 4) is 0 Å². The van der Waals surface area contributed by atoms with Gasteiger partial charge in [-0.25, -0.2) is 13.9 Å². The van der Waals surface area contributed by atoms with Gasteiger partial charge in [0.2, 0.25) is 0 Å². The molecule has 75 heavy (non-hydrogen) atoms. The number of nitrogens with zero attached hydrogens (tertiary/aromatic N) is 2. The fourth-order valence-electron chi connectivity index (χ4n) is 7.99. The lowest BCUT2D eigenvalue weighted by Gasteiger charge is -2.38. The molecule has 1 aromatic rings. The highest BCUT2D eigenvalue weighted by atomic mass is 31.3. The average Bonchev–Trinajstić information content (AvgIpc) is 3.35. The van der Waals surface area contributed by atoms with Crippen molar-refractivity contribution in [2.45, 2.75) is 179 Å². The van der Waals surface area contributed by atoms with E-state index in [0.29, 0.717) is 19.3 Å². The number of aliphatic hydroxyl groups excluding tert-OH is 4. The molecule has 0 aromatic carbocycles. The molecule has 0 amide bonds. The van der Waals surface area contributed by atoms with Crippen molar-refractivity contribution in [2.24, 2.45) is 11.8 Å². The number of hydrogen-bond acceptors (Lipinski definition) is 18. The number of carbonyl (C=O) groups excluding carboxylic acids is 3. The van der Waals surface area contributed by atoms with Crippen molar-refractivity contribution in [2.75, 3.05) is 25.6 Å². The van der Waals surface area contributed by atoms with Gasteiger partial charge in [0.15, 0.2) is 6.10 Å². The number of Topliss-reactive ketones (excluding diaryl/α,β-unsaturated/α-hetero) is 1. The fourth-order valence-corrected chi connectivity index (χ4v) is 10.1. The molecular weight excluding hydrogens is 1020 g/mol. The van der Waals surface area contributed by atoms with Gasteiger partial charge in [-0.1, -0.05) is 119 Å². The fraction of sp³-hybridized carbons (Fsp3) is 0.635. The summed E-state index contributed by atoms with van der Waals surface area (Å²) in [7, 11) is -11.3. The maximum atomic E-state index is 14.3. The molecule has 1 fully saturated rings. The molecule has 1 aromatic heterocycles. The summed E-state index contributed by atoms with van der Waals surface area (Å²) >= 11 is 0. The van der Waals surface area contributed by atoms with Crippen LogP contribution in [0.15, 0.2) is 90.0 Å². The van der Waals surface area contributed by atoms with Gasteiger partial charge < -0.3 is 50.2 Å². The Bertz CT molecular complexity index is 2210. The second-order valence-corrected chi connectivity index (χ2v) is 21.5. The number of ketones is 1. The third-order valence-electron chi connectivity index (χ3n) is 12.1. The van der Waals surface area contributed by atoms with E-state index in [1.54, 1.807) is 12.2 Å². The highest BCUT2D eigenvalue weighted by molar-refractivity contribution is 7.61. The number of aliphatic hydroxyl groups is 4. The topological polar surface area (TPSA) is 323 Å². The number of esters is 2. The van der Waals surface area contributed by atoms with Gasteiger partial charge in [-0.3, -0.25) is 28.0 Å². The number of rotatable bonds is 23. The molecule has 2 aliphatic heterocycles. The Hall–Kier alpha value is -4.21. The predicted molar refractivity (Wildman–Crippen MR) is 280 cm³/mol. The van der Waals surface area contributed by atoms with E-state index in [1.165, 1.54) is 18.2 Å². The Morgan fingerprint density at radius 2 is 1.55 bits per heavy atom. The lowest BCUT2D eigenvalue weighted by Crippen LogP contribution is -2.51. The van der Waals surface area contributed by atoms with E-state index in [-0.39, 0.29) is 37.9 Å². The molecule has 0 radical (unpaired) electrons. The van der Waals surface area contributed by atoms with Crippen LogP contribution in [0.2, 0.25) is 0 Å². The molecule has 0 spiro atoms. The quantitative estimate of drug-likeness (QED) is 0.0242. The minimum atomic E-state index is -5.73. The lowest BCUT2D eigenvalue weighted by atomic mass is 9.83. The van der Waals surface area contributed by atoms with E-state index in [9.17, 15) is 58.5 Å². The minimum Gasteiger partial charge on any atom is -0.462 e. The molecule has 422 valence electrons. The van der Waals surface area contributed by atoms with E-state index in [0.717, 1.165) is 75.0 Å². The number of anilines is 1. The third-order valence-corrected chi connectivity index (χ3v) is 14.7. The number of fused-ring (bicyclic) bond motifs is 3. The monoisotopic (exact) mass is 1100 g/mol. The molecule has 1 saturated heterocycles. The zero-order valence-electron chi connectivity index (χ0n) is 43.3. The van der Waals surface area contributed by atoms with Crippen LogP contribution in [0, 0.1) is 11.8 Å². The molecule has 3 heterocycles. The summed E-state index contributed by atoms with van der Waals surface area (Å²) in [6.45, 7) is 1.30.